The molecule has 0 atom stereocenters. The molecule has 0 aliphatic carbocycles. The summed E-state index contributed by atoms with van der Waals surface area (Å²) in [6.45, 7) is 2.08. The maximum Gasteiger partial charge on any atom is 0.104 e. The highest BCUT2D eigenvalue weighted by atomic mass is 16.3. The number of benzene rings is 1. The van der Waals surface area contributed by atoms with Crippen LogP contribution >= 0.6 is 0 Å². The summed E-state index contributed by atoms with van der Waals surface area (Å²) in [5.41, 5.74) is 1.64. The highest BCUT2D eigenvalue weighted by Crippen LogP contribution is 2.32. The highest BCUT2D eigenvalue weighted by molar-refractivity contribution is 5.31. The summed E-state index contributed by atoms with van der Waals surface area (Å²) in [5.74, 6) is 1.07. The average Bonchev–Trinajstić information content (AvgIpc) is 2.77. The second-order valence-electron chi connectivity index (χ2n) is 4.51. The van der Waals surface area contributed by atoms with Gasteiger partial charge >= 0.3 is 0 Å². The molecule has 16 heavy (non-hydrogen) atoms. The molecule has 0 amide bonds. The van der Waals surface area contributed by atoms with Crippen molar-refractivity contribution < 1.29 is 4.42 Å². The molecule has 2 heterocycles. The zero-order valence-electron chi connectivity index (χ0n) is 9.15. The van der Waals surface area contributed by atoms with E-state index < -0.39 is 0 Å². The minimum absolute atomic E-state index is 0.235. The van der Waals surface area contributed by atoms with Gasteiger partial charge in [-0.3, -0.25) is 0 Å². The Kier molecular flexibility index (Phi) is 2.29. The summed E-state index contributed by atoms with van der Waals surface area (Å²) in [5, 5.41) is 3.37. The zero-order chi connectivity index (χ0) is 10.8. The molecule has 0 unspecified atom stereocenters. The number of hydrogen-bond acceptors (Lipinski definition) is 2. The van der Waals surface area contributed by atoms with E-state index in [-0.39, 0.29) is 5.41 Å². The van der Waals surface area contributed by atoms with Crippen molar-refractivity contribution in [3.8, 4) is 0 Å². The predicted octanol–water partition coefficient (Wildman–Crippen LogP) is 2.36. The third kappa shape index (κ3) is 1.55. The normalized spacial score (nSPS) is 18.0. The second-order valence-corrected chi connectivity index (χ2v) is 4.51. The number of nitrogens with one attached hydrogen (secondary N) is 1. The topological polar surface area (TPSA) is 25.2 Å². The van der Waals surface area contributed by atoms with E-state index in [9.17, 15) is 0 Å². The summed E-state index contributed by atoms with van der Waals surface area (Å²) in [6, 6.07) is 14.7. The lowest BCUT2D eigenvalue weighted by molar-refractivity contribution is 0.258. The van der Waals surface area contributed by atoms with E-state index in [2.05, 4.69) is 41.7 Å². The Hall–Kier alpha value is -1.54. The molecule has 1 aromatic heterocycles. The van der Waals surface area contributed by atoms with Gasteiger partial charge in [-0.25, -0.2) is 0 Å². The summed E-state index contributed by atoms with van der Waals surface area (Å²) in [7, 11) is 0. The highest BCUT2D eigenvalue weighted by Gasteiger charge is 2.39. The lowest BCUT2D eigenvalue weighted by Crippen LogP contribution is -2.58. The lowest BCUT2D eigenvalue weighted by Gasteiger charge is -2.42. The summed E-state index contributed by atoms with van der Waals surface area (Å²) < 4.78 is 5.46. The van der Waals surface area contributed by atoms with Gasteiger partial charge in [0, 0.05) is 24.9 Å². The Morgan fingerprint density at radius 2 is 1.88 bits per heavy atom. The molecule has 3 rings (SSSR count). The Morgan fingerprint density at radius 3 is 2.44 bits per heavy atom. The van der Waals surface area contributed by atoms with Gasteiger partial charge in [0.2, 0.25) is 0 Å². The SMILES string of the molecule is c1ccc(C2(Cc3ccco3)CNC2)cc1. The van der Waals surface area contributed by atoms with Crippen molar-refractivity contribution in [1.29, 1.82) is 0 Å². The van der Waals surface area contributed by atoms with Crippen LogP contribution in [0.2, 0.25) is 0 Å². The molecule has 1 aliphatic heterocycles. The van der Waals surface area contributed by atoms with Crippen molar-refractivity contribution in [2.45, 2.75) is 11.8 Å². The molecule has 1 saturated heterocycles. The van der Waals surface area contributed by atoms with Crippen LogP contribution in [0.3, 0.4) is 0 Å². The lowest BCUT2D eigenvalue weighted by atomic mass is 9.72. The van der Waals surface area contributed by atoms with Crippen molar-refractivity contribution in [2.24, 2.45) is 0 Å². The number of hydrogen-bond donors (Lipinski definition) is 1. The Labute approximate surface area is 95.3 Å². The van der Waals surface area contributed by atoms with Crippen LogP contribution in [-0.4, -0.2) is 13.1 Å². The minimum atomic E-state index is 0.235. The number of rotatable bonds is 3. The Bertz CT molecular complexity index is 443. The molecular formula is C14H15NO. The van der Waals surface area contributed by atoms with Gasteiger partial charge < -0.3 is 9.73 Å². The first-order valence-corrected chi connectivity index (χ1v) is 5.68. The molecule has 0 radical (unpaired) electrons. The van der Waals surface area contributed by atoms with E-state index in [0.717, 1.165) is 25.3 Å². The van der Waals surface area contributed by atoms with Crippen molar-refractivity contribution >= 4 is 0 Å². The van der Waals surface area contributed by atoms with Gasteiger partial charge in [0.15, 0.2) is 0 Å². The van der Waals surface area contributed by atoms with Crippen LogP contribution in [0.5, 0.6) is 0 Å². The van der Waals surface area contributed by atoms with Gasteiger partial charge in [-0.15, -0.1) is 0 Å². The molecule has 1 aromatic carbocycles. The molecule has 0 spiro atoms. The molecule has 1 N–H and O–H groups in total. The quantitative estimate of drug-likeness (QED) is 0.846. The summed E-state index contributed by atoms with van der Waals surface area (Å²) in [4.78, 5) is 0. The summed E-state index contributed by atoms with van der Waals surface area (Å²) in [6.07, 6.45) is 2.73. The number of furan rings is 1. The van der Waals surface area contributed by atoms with Gasteiger partial charge in [0.25, 0.3) is 0 Å². The first-order valence-electron chi connectivity index (χ1n) is 5.68. The molecule has 1 aliphatic rings. The van der Waals surface area contributed by atoms with Crippen molar-refractivity contribution in [1.82, 2.24) is 5.32 Å². The van der Waals surface area contributed by atoms with Gasteiger partial charge in [-0.05, 0) is 17.7 Å². The Balaban J connectivity index is 1.89. The summed E-state index contributed by atoms with van der Waals surface area (Å²) >= 11 is 0. The molecule has 82 valence electrons. The average molecular weight is 213 g/mol. The molecule has 1 fully saturated rings. The van der Waals surface area contributed by atoms with Crippen LogP contribution in [0.4, 0.5) is 0 Å². The first kappa shape index (κ1) is 9.67. The predicted molar refractivity (Wildman–Crippen MR) is 63.4 cm³/mol. The van der Waals surface area contributed by atoms with Gasteiger partial charge in [-0.2, -0.15) is 0 Å². The van der Waals surface area contributed by atoms with E-state index >= 15 is 0 Å². The molecule has 2 aromatic rings. The van der Waals surface area contributed by atoms with Crippen LogP contribution in [-0.2, 0) is 11.8 Å². The van der Waals surface area contributed by atoms with Crippen molar-refractivity contribution in [3.63, 3.8) is 0 Å². The molecule has 2 heteroatoms. The smallest absolute Gasteiger partial charge is 0.104 e. The maximum atomic E-state index is 5.46. The third-order valence-electron chi connectivity index (χ3n) is 3.41. The fourth-order valence-corrected chi connectivity index (χ4v) is 2.40. The molecule has 0 bridgehead atoms. The van der Waals surface area contributed by atoms with Crippen LogP contribution in [0.25, 0.3) is 0 Å². The van der Waals surface area contributed by atoms with Crippen LogP contribution in [0.1, 0.15) is 11.3 Å². The zero-order valence-corrected chi connectivity index (χ0v) is 9.15. The van der Waals surface area contributed by atoms with E-state index in [1.807, 2.05) is 6.07 Å². The molecule has 2 nitrogen and oxygen atoms in total. The van der Waals surface area contributed by atoms with Crippen LogP contribution < -0.4 is 5.32 Å². The largest absolute Gasteiger partial charge is 0.469 e. The van der Waals surface area contributed by atoms with Gasteiger partial charge in [0.1, 0.15) is 5.76 Å². The Morgan fingerprint density at radius 1 is 1.06 bits per heavy atom. The second kappa shape index (κ2) is 3.80. The fraction of sp³-hybridized carbons (Fsp3) is 0.286. The first-order chi connectivity index (χ1) is 7.89. The standard InChI is InChI=1S/C14H15NO/c1-2-5-12(6-3-1)14(10-15-11-14)9-13-7-4-8-16-13/h1-8,15H,9-11H2. The van der Waals surface area contributed by atoms with E-state index in [1.165, 1.54) is 5.56 Å². The van der Waals surface area contributed by atoms with E-state index in [0.29, 0.717) is 0 Å². The maximum absolute atomic E-state index is 5.46. The van der Waals surface area contributed by atoms with Crippen molar-refractivity contribution in [3.05, 3.63) is 60.1 Å². The van der Waals surface area contributed by atoms with Crippen LogP contribution in [0, 0.1) is 0 Å². The molecular weight excluding hydrogens is 198 g/mol. The fourth-order valence-electron chi connectivity index (χ4n) is 2.40. The van der Waals surface area contributed by atoms with Crippen molar-refractivity contribution in [2.75, 3.05) is 13.1 Å². The van der Waals surface area contributed by atoms with Gasteiger partial charge in [-0.1, -0.05) is 30.3 Å². The van der Waals surface area contributed by atoms with E-state index in [1.54, 1.807) is 6.26 Å². The van der Waals surface area contributed by atoms with Gasteiger partial charge in [0.05, 0.1) is 6.26 Å². The van der Waals surface area contributed by atoms with Crippen LogP contribution in [0.15, 0.2) is 53.1 Å². The van der Waals surface area contributed by atoms with E-state index in [4.69, 9.17) is 4.42 Å². The monoisotopic (exact) mass is 213 g/mol. The minimum Gasteiger partial charge on any atom is -0.469 e. The third-order valence-corrected chi connectivity index (χ3v) is 3.41. The molecule has 0 saturated carbocycles.